The highest BCUT2D eigenvalue weighted by Gasteiger charge is 2.42. The van der Waals surface area contributed by atoms with Gasteiger partial charge in [-0.1, -0.05) is 55.0 Å². The van der Waals surface area contributed by atoms with Crippen molar-refractivity contribution in [3.63, 3.8) is 0 Å². The summed E-state index contributed by atoms with van der Waals surface area (Å²) in [5.74, 6) is 1.64. The molecule has 0 radical (unpaired) electrons. The maximum atomic E-state index is 12.5. The van der Waals surface area contributed by atoms with Crippen LogP contribution in [0.4, 0.5) is 4.79 Å². The number of urea groups is 1. The number of nitrogens with one attached hydrogen (secondary N) is 6. The lowest BCUT2D eigenvalue weighted by Crippen LogP contribution is -2.41. The van der Waals surface area contributed by atoms with Gasteiger partial charge in [0.1, 0.15) is 0 Å². The van der Waals surface area contributed by atoms with Crippen molar-refractivity contribution in [1.29, 1.82) is 0 Å². The number of rotatable bonds is 48. The highest BCUT2D eigenvalue weighted by atomic mass is 32.2. The quantitative estimate of drug-likeness (QED) is 0.0411. The molecule has 2 aromatic carbocycles. The summed E-state index contributed by atoms with van der Waals surface area (Å²) in [6.07, 6.45) is 8.11. The molecule has 5 atom stereocenters. The predicted molar refractivity (Wildman–Crippen MR) is 299 cm³/mol. The zero-order chi connectivity index (χ0) is 54.3. The number of piperidine rings is 1. The van der Waals surface area contributed by atoms with Crippen LogP contribution in [0.3, 0.4) is 0 Å². The summed E-state index contributed by atoms with van der Waals surface area (Å²) < 4.78 is 61.0. The first kappa shape index (κ1) is 63.7. The monoisotopic (exact) mass is 1120 g/mol. The van der Waals surface area contributed by atoms with Crippen LogP contribution in [0, 0.1) is 0 Å². The highest BCUT2D eigenvalue weighted by Crippen LogP contribution is 2.42. The second-order valence-electron chi connectivity index (χ2n) is 19.8. The molecule has 1 aliphatic carbocycles. The van der Waals surface area contributed by atoms with Crippen molar-refractivity contribution in [3.05, 3.63) is 59.7 Å². The number of amides is 4. The van der Waals surface area contributed by atoms with Crippen LogP contribution < -0.4 is 31.9 Å². The lowest BCUT2D eigenvalue weighted by molar-refractivity contribution is -0.122. The van der Waals surface area contributed by atoms with Crippen LogP contribution in [0.25, 0.3) is 11.1 Å². The Bertz CT molecular complexity index is 1910. The van der Waals surface area contributed by atoms with E-state index < -0.39 is 0 Å². The van der Waals surface area contributed by atoms with Gasteiger partial charge in [-0.2, -0.15) is 11.8 Å². The Labute approximate surface area is 467 Å². The number of thioether (sulfide) groups is 1. The molecule has 21 heteroatoms. The maximum absolute atomic E-state index is 12.5. The molecule has 6 N–H and O–H groups in total. The minimum Gasteiger partial charge on any atom is -0.377 e. The van der Waals surface area contributed by atoms with Crippen LogP contribution in [0.15, 0.2) is 48.5 Å². The van der Waals surface area contributed by atoms with Crippen molar-refractivity contribution >= 4 is 29.6 Å². The SMILES string of the molecule is O=C(CCCC[C@@H]1SC[C@@H]2NC(=O)N[C@@H]21)NCCOCCOCCOCCOCCOCCOCCOCCOCCOCCOCCOCCNC(=O)CCc1cccc(-c2ccc([C@@H]3C[C@H]3NC3CCNCC3)cc2)c1. The molecule has 6 rings (SSSR count). The van der Waals surface area contributed by atoms with Gasteiger partial charge in [0, 0.05) is 54.9 Å². The normalized spacial score (nSPS) is 19.9. The number of hydrogen-bond acceptors (Lipinski definition) is 17. The molecule has 3 heterocycles. The molecule has 2 aromatic rings. The van der Waals surface area contributed by atoms with Crippen molar-refractivity contribution in [2.45, 2.75) is 93.1 Å². The number of hydrogen-bond donors (Lipinski definition) is 6. The van der Waals surface area contributed by atoms with E-state index in [1.807, 2.05) is 11.8 Å². The molecule has 0 aromatic heterocycles. The van der Waals surface area contributed by atoms with Crippen LogP contribution in [0.5, 0.6) is 0 Å². The molecule has 0 unspecified atom stereocenters. The van der Waals surface area contributed by atoms with E-state index in [9.17, 15) is 14.4 Å². The molecule has 78 heavy (non-hydrogen) atoms. The van der Waals surface area contributed by atoms with E-state index in [-0.39, 0.29) is 29.9 Å². The third-order valence-electron chi connectivity index (χ3n) is 13.8. The van der Waals surface area contributed by atoms with Crippen molar-refractivity contribution in [1.82, 2.24) is 31.9 Å². The molecule has 20 nitrogen and oxygen atoms in total. The van der Waals surface area contributed by atoms with Gasteiger partial charge in [0.05, 0.1) is 157 Å². The fourth-order valence-electron chi connectivity index (χ4n) is 9.40. The van der Waals surface area contributed by atoms with Gasteiger partial charge in [-0.3, -0.25) is 9.59 Å². The number of aryl methyl sites for hydroxylation is 1. The molecule has 4 aliphatic rings. The fourth-order valence-corrected chi connectivity index (χ4v) is 10.9. The Morgan fingerprint density at radius 3 is 1.55 bits per heavy atom. The molecule has 3 saturated heterocycles. The van der Waals surface area contributed by atoms with Gasteiger partial charge < -0.3 is 84.0 Å². The zero-order valence-corrected chi connectivity index (χ0v) is 47.0. The molecule has 4 fully saturated rings. The van der Waals surface area contributed by atoms with Gasteiger partial charge in [0.25, 0.3) is 0 Å². The molecule has 440 valence electrons. The summed E-state index contributed by atoms with van der Waals surface area (Å²) in [7, 11) is 0. The Balaban J connectivity index is 0.579. The lowest BCUT2D eigenvalue weighted by Gasteiger charge is -2.24. The Kier molecular flexibility index (Phi) is 33.2. The molecule has 1 saturated carbocycles. The third-order valence-corrected chi connectivity index (χ3v) is 15.3. The van der Waals surface area contributed by atoms with Gasteiger partial charge >= 0.3 is 6.03 Å². The van der Waals surface area contributed by atoms with Crippen LogP contribution in [0.2, 0.25) is 0 Å². The Morgan fingerprint density at radius 2 is 1.04 bits per heavy atom. The highest BCUT2D eigenvalue weighted by molar-refractivity contribution is 8.00. The van der Waals surface area contributed by atoms with Crippen molar-refractivity contribution in [2.75, 3.05) is 177 Å². The lowest BCUT2D eigenvalue weighted by atomic mass is 9.99. The van der Waals surface area contributed by atoms with Gasteiger partial charge in [0.2, 0.25) is 11.8 Å². The van der Waals surface area contributed by atoms with Crippen molar-refractivity contribution < 1.29 is 66.5 Å². The number of fused-ring (bicyclic) bond motifs is 1. The van der Waals surface area contributed by atoms with E-state index in [0.29, 0.717) is 201 Å². The fraction of sp³-hybridized carbons (Fsp3) is 0.737. The first-order valence-corrected chi connectivity index (χ1v) is 29.8. The van der Waals surface area contributed by atoms with Gasteiger partial charge in [-0.05, 0) is 73.9 Å². The van der Waals surface area contributed by atoms with Gasteiger partial charge in [-0.15, -0.1) is 0 Å². The van der Waals surface area contributed by atoms with E-state index in [1.165, 1.54) is 36.0 Å². The summed E-state index contributed by atoms with van der Waals surface area (Å²) in [4.78, 5) is 36.1. The number of ether oxygens (including phenoxy) is 11. The number of benzene rings is 2. The summed E-state index contributed by atoms with van der Waals surface area (Å²) in [5, 5.41) is 19.6. The Morgan fingerprint density at radius 1 is 0.551 bits per heavy atom. The van der Waals surface area contributed by atoms with Gasteiger partial charge in [-0.25, -0.2) is 4.79 Å². The summed E-state index contributed by atoms with van der Waals surface area (Å²) >= 11 is 1.90. The second kappa shape index (κ2) is 40.6. The molecule has 4 amide bonds. The van der Waals surface area contributed by atoms with Crippen LogP contribution in [0.1, 0.15) is 68.4 Å². The van der Waals surface area contributed by atoms with E-state index in [2.05, 4.69) is 80.4 Å². The predicted octanol–water partition coefficient (Wildman–Crippen LogP) is 3.62. The average molecular weight is 1120 g/mol. The van der Waals surface area contributed by atoms with E-state index in [1.54, 1.807) is 0 Å². The first-order chi connectivity index (χ1) is 38.5. The molecule has 0 bridgehead atoms. The molecular weight excluding hydrogens is 1020 g/mol. The number of unbranched alkanes of at least 4 members (excludes halogenated alkanes) is 1. The maximum Gasteiger partial charge on any atom is 0.315 e. The minimum atomic E-state index is -0.0630. The second-order valence-corrected chi connectivity index (χ2v) is 21.0. The van der Waals surface area contributed by atoms with Crippen LogP contribution >= 0.6 is 11.8 Å². The molecule has 3 aliphatic heterocycles. The van der Waals surface area contributed by atoms with Crippen LogP contribution in [-0.4, -0.2) is 225 Å². The minimum absolute atomic E-state index is 0.0194. The van der Waals surface area contributed by atoms with Gasteiger partial charge in [0.15, 0.2) is 0 Å². The summed E-state index contributed by atoms with van der Waals surface area (Å²) in [6, 6.07) is 19.2. The molecule has 0 spiro atoms. The van der Waals surface area contributed by atoms with Crippen LogP contribution in [-0.2, 0) is 68.1 Å². The molecular formula is C57H92N6O14S. The number of carbonyl (C=O) groups is 3. The van der Waals surface area contributed by atoms with Crippen molar-refractivity contribution in [3.8, 4) is 11.1 Å². The average Bonchev–Trinajstić information content (AvgIpc) is 3.98. The number of carbonyl (C=O) groups excluding carboxylic acids is 3. The third kappa shape index (κ3) is 27.8. The topological polar surface area (TPSA) is 225 Å². The smallest absolute Gasteiger partial charge is 0.315 e. The Hall–Kier alpha value is -3.52. The largest absolute Gasteiger partial charge is 0.377 e. The zero-order valence-electron chi connectivity index (χ0n) is 46.2. The first-order valence-electron chi connectivity index (χ1n) is 28.7. The summed E-state index contributed by atoms with van der Waals surface area (Å²) in [5.41, 5.74) is 4.96. The van der Waals surface area contributed by atoms with E-state index in [4.69, 9.17) is 52.1 Å². The summed E-state index contributed by atoms with van der Waals surface area (Å²) in [6.45, 7) is 13.5. The van der Waals surface area contributed by atoms with Crippen molar-refractivity contribution in [2.24, 2.45) is 0 Å². The standard InChI is InChI=1S/C57H92N6O14S/c64-54(7-2-1-6-53-56-52(44-78-53)62-57(66)63-56)59-18-20-67-22-24-69-26-28-71-30-32-73-34-36-75-38-40-77-41-39-76-37-35-74-33-31-72-29-27-70-25-23-68-21-19-60-55(65)13-8-45-4-3-5-48(42-45)46-9-11-47(12-10-46)50-43-51(50)61-49-14-16-58-17-15-49/h3-5,9-12,42,49-53,56,58,61H,1-2,6-8,13-41,43-44H2,(H,59,64)(H,60,65)(H2,62,63,66)/t50-,51+,52-,53-,56-/m0/s1. The van der Waals surface area contributed by atoms with E-state index >= 15 is 0 Å². The van der Waals surface area contributed by atoms with E-state index in [0.717, 1.165) is 43.7 Å².